The van der Waals surface area contributed by atoms with Gasteiger partial charge in [0.2, 0.25) is 0 Å². The Balaban J connectivity index is 1.75. The molecule has 0 saturated carbocycles. The molecule has 27 heavy (non-hydrogen) atoms. The van der Waals surface area contributed by atoms with Crippen LogP contribution in [-0.4, -0.2) is 42.9 Å². The van der Waals surface area contributed by atoms with Crippen LogP contribution in [0.15, 0.2) is 42.5 Å². The van der Waals surface area contributed by atoms with Gasteiger partial charge in [-0.25, -0.2) is 13.2 Å². The lowest BCUT2D eigenvalue weighted by Gasteiger charge is -2.24. The summed E-state index contributed by atoms with van der Waals surface area (Å²) in [5, 5.41) is 0. The van der Waals surface area contributed by atoms with Crippen LogP contribution in [0, 0.1) is 20.8 Å². The van der Waals surface area contributed by atoms with Gasteiger partial charge >= 0.3 is 6.03 Å². The molecule has 2 aromatic rings. The first-order valence-corrected chi connectivity index (χ1v) is 11.0. The summed E-state index contributed by atoms with van der Waals surface area (Å²) in [6, 6.07) is 13.2. The Morgan fingerprint density at radius 3 is 2.26 bits per heavy atom. The molecule has 2 fully saturated rings. The molecule has 2 aliphatic heterocycles. The molecule has 0 spiro atoms. The van der Waals surface area contributed by atoms with Crippen molar-refractivity contribution in [1.82, 2.24) is 4.90 Å². The molecule has 0 unspecified atom stereocenters. The highest BCUT2D eigenvalue weighted by Gasteiger charge is 2.53. The summed E-state index contributed by atoms with van der Waals surface area (Å²) in [6.45, 7) is 6.43. The van der Waals surface area contributed by atoms with Gasteiger partial charge in [-0.1, -0.05) is 30.3 Å². The first-order chi connectivity index (χ1) is 12.7. The Bertz CT molecular complexity index is 996. The maximum absolute atomic E-state index is 13.3. The van der Waals surface area contributed by atoms with E-state index in [0.717, 1.165) is 27.9 Å². The van der Waals surface area contributed by atoms with Crippen molar-refractivity contribution in [2.24, 2.45) is 0 Å². The summed E-state index contributed by atoms with van der Waals surface area (Å²) < 4.78 is 24.7. The van der Waals surface area contributed by atoms with Crippen molar-refractivity contribution in [1.29, 1.82) is 0 Å². The van der Waals surface area contributed by atoms with Crippen LogP contribution in [0.5, 0.6) is 0 Å². The molecule has 0 N–H and O–H groups in total. The van der Waals surface area contributed by atoms with Gasteiger partial charge < -0.3 is 4.90 Å². The highest BCUT2D eigenvalue weighted by atomic mass is 32.2. The van der Waals surface area contributed by atoms with E-state index in [-0.39, 0.29) is 29.6 Å². The van der Waals surface area contributed by atoms with Crippen LogP contribution < -0.4 is 4.90 Å². The standard InChI is InChI=1S/C21H24N2O3S/c1-14-8-15(2)10-18(9-14)23-20-13-27(25,26)12-19(20)22(21(23)24)11-17-7-5-4-6-16(17)3/h4-10,19-20H,11-13H2,1-3H3/t19-,20+/m0/s1. The van der Waals surface area contributed by atoms with E-state index in [1.165, 1.54) is 0 Å². The number of urea groups is 1. The van der Waals surface area contributed by atoms with Crippen molar-refractivity contribution >= 4 is 21.6 Å². The first kappa shape index (κ1) is 18.0. The number of sulfone groups is 1. The van der Waals surface area contributed by atoms with Gasteiger partial charge in [-0.2, -0.15) is 0 Å². The maximum atomic E-state index is 13.3. The molecule has 6 heteroatoms. The van der Waals surface area contributed by atoms with Crippen molar-refractivity contribution in [2.75, 3.05) is 16.4 Å². The fourth-order valence-corrected chi connectivity index (χ4v) is 6.27. The van der Waals surface area contributed by atoms with Gasteiger partial charge in [-0.3, -0.25) is 4.90 Å². The first-order valence-electron chi connectivity index (χ1n) is 9.18. The topological polar surface area (TPSA) is 57.7 Å². The van der Waals surface area contributed by atoms with E-state index in [0.29, 0.717) is 6.54 Å². The van der Waals surface area contributed by atoms with Crippen LogP contribution >= 0.6 is 0 Å². The molecule has 2 atom stereocenters. The van der Waals surface area contributed by atoms with Crippen LogP contribution in [-0.2, 0) is 16.4 Å². The van der Waals surface area contributed by atoms with Gasteiger partial charge in [-0.05, 0) is 55.2 Å². The number of aryl methyl sites for hydroxylation is 3. The minimum absolute atomic E-state index is 0.0284. The minimum atomic E-state index is -3.16. The number of benzene rings is 2. The molecule has 0 bridgehead atoms. The van der Waals surface area contributed by atoms with E-state index in [2.05, 4.69) is 6.07 Å². The van der Waals surface area contributed by atoms with Crippen molar-refractivity contribution in [3.8, 4) is 0 Å². The summed E-state index contributed by atoms with van der Waals surface area (Å²) in [4.78, 5) is 16.8. The number of carbonyl (C=O) groups is 1. The molecule has 142 valence electrons. The van der Waals surface area contributed by atoms with Crippen LogP contribution in [0.3, 0.4) is 0 Å². The SMILES string of the molecule is Cc1cc(C)cc(N2C(=O)N(Cc3ccccc3C)[C@H]3CS(=O)(=O)C[C@H]32)c1. The van der Waals surface area contributed by atoms with E-state index >= 15 is 0 Å². The molecule has 2 amide bonds. The van der Waals surface area contributed by atoms with Gasteiger partial charge in [0, 0.05) is 12.2 Å². The second kappa shape index (κ2) is 6.37. The summed E-state index contributed by atoms with van der Waals surface area (Å²) in [7, 11) is -3.16. The summed E-state index contributed by atoms with van der Waals surface area (Å²) in [5.41, 5.74) is 5.07. The number of nitrogens with zero attached hydrogens (tertiary/aromatic N) is 2. The van der Waals surface area contributed by atoms with Gasteiger partial charge in [0.15, 0.2) is 9.84 Å². The second-order valence-electron chi connectivity index (χ2n) is 7.76. The Morgan fingerprint density at radius 2 is 1.59 bits per heavy atom. The van der Waals surface area contributed by atoms with Crippen molar-refractivity contribution in [2.45, 2.75) is 39.4 Å². The predicted molar refractivity (Wildman–Crippen MR) is 107 cm³/mol. The molecule has 2 aromatic carbocycles. The molecule has 2 saturated heterocycles. The molecule has 5 nitrogen and oxygen atoms in total. The summed E-state index contributed by atoms with van der Waals surface area (Å²) in [5.74, 6) is 0.0667. The average Bonchev–Trinajstić information content (AvgIpc) is 2.99. The zero-order valence-electron chi connectivity index (χ0n) is 15.8. The molecule has 4 rings (SSSR count). The summed E-state index contributed by atoms with van der Waals surface area (Å²) in [6.07, 6.45) is 0. The summed E-state index contributed by atoms with van der Waals surface area (Å²) >= 11 is 0. The van der Waals surface area contributed by atoms with E-state index in [4.69, 9.17) is 0 Å². The number of amides is 2. The number of fused-ring (bicyclic) bond motifs is 1. The Labute approximate surface area is 160 Å². The Morgan fingerprint density at radius 1 is 0.963 bits per heavy atom. The quantitative estimate of drug-likeness (QED) is 0.764. The second-order valence-corrected chi connectivity index (χ2v) is 9.92. The number of anilines is 1. The third-order valence-corrected chi connectivity index (χ3v) is 7.26. The van der Waals surface area contributed by atoms with Crippen LogP contribution in [0.1, 0.15) is 22.3 Å². The lowest BCUT2D eigenvalue weighted by molar-refractivity contribution is 0.205. The van der Waals surface area contributed by atoms with Crippen molar-refractivity contribution < 1.29 is 13.2 Å². The zero-order chi connectivity index (χ0) is 19.3. The molecule has 2 aliphatic rings. The number of hydrogen-bond donors (Lipinski definition) is 0. The molecular weight excluding hydrogens is 360 g/mol. The molecule has 2 heterocycles. The normalized spacial score (nSPS) is 23.7. The van der Waals surface area contributed by atoms with Gasteiger partial charge in [0.05, 0.1) is 23.6 Å². The molecule has 0 aromatic heterocycles. The number of rotatable bonds is 3. The van der Waals surface area contributed by atoms with E-state index in [9.17, 15) is 13.2 Å². The van der Waals surface area contributed by atoms with E-state index in [1.807, 2.05) is 57.2 Å². The maximum Gasteiger partial charge on any atom is 0.325 e. The van der Waals surface area contributed by atoms with Gasteiger partial charge in [-0.15, -0.1) is 0 Å². The average molecular weight is 385 g/mol. The predicted octanol–water partition coefficient (Wildman–Crippen LogP) is 3.22. The Kier molecular flexibility index (Phi) is 4.26. The monoisotopic (exact) mass is 384 g/mol. The fraction of sp³-hybridized carbons (Fsp3) is 0.381. The van der Waals surface area contributed by atoms with Crippen LogP contribution in [0.4, 0.5) is 10.5 Å². The smallest absolute Gasteiger partial charge is 0.314 e. The highest BCUT2D eigenvalue weighted by Crippen LogP contribution is 2.36. The Hall–Kier alpha value is -2.34. The highest BCUT2D eigenvalue weighted by molar-refractivity contribution is 7.91. The van der Waals surface area contributed by atoms with Gasteiger partial charge in [0.25, 0.3) is 0 Å². The van der Waals surface area contributed by atoms with Crippen molar-refractivity contribution in [3.05, 3.63) is 64.7 Å². The molecular formula is C21H24N2O3S. The molecule has 0 aliphatic carbocycles. The lowest BCUT2D eigenvalue weighted by Crippen LogP contribution is -2.37. The van der Waals surface area contributed by atoms with Crippen LogP contribution in [0.25, 0.3) is 0 Å². The third-order valence-electron chi connectivity index (χ3n) is 5.56. The van der Waals surface area contributed by atoms with Gasteiger partial charge in [0.1, 0.15) is 0 Å². The van der Waals surface area contributed by atoms with Crippen molar-refractivity contribution in [3.63, 3.8) is 0 Å². The largest absolute Gasteiger partial charge is 0.325 e. The number of hydrogen-bond acceptors (Lipinski definition) is 3. The van der Waals surface area contributed by atoms with Crippen LogP contribution in [0.2, 0.25) is 0 Å². The third kappa shape index (κ3) is 3.23. The number of carbonyl (C=O) groups excluding carboxylic acids is 1. The van der Waals surface area contributed by atoms with E-state index in [1.54, 1.807) is 9.80 Å². The van der Waals surface area contributed by atoms with E-state index < -0.39 is 9.84 Å². The lowest BCUT2D eigenvalue weighted by atomic mass is 10.1. The molecule has 0 radical (unpaired) electrons. The fourth-order valence-electron chi connectivity index (χ4n) is 4.32. The zero-order valence-corrected chi connectivity index (χ0v) is 16.7. The minimum Gasteiger partial charge on any atom is -0.314 e.